The smallest absolute Gasteiger partial charge is 0.399 e. The van der Waals surface area contributed by atoms with Crippen LogP contribution in [0.15, 0.2) is 18.3 Å². The topological polar surface area (TPSA) is 48.4 Å². The molecule has 0 N–H and O–H groups in total. The van der Waals surface area contributed by atoms with Crippen molar-refractivity contribution in [1.29, 1.82) is 0 Å². The normalized spacial score (nSPS) is 20.0. The van der Waals surface area contributed by atoms with E-state index in [2.05, 4.69) is 32.7 Å². The van der Waals surface area contributed by atoms with Gasteiger partial charge in [-0.25, -0.2) is 0 Å². The van der Waals surface area contributed by atoms with Gasteiger partial charge in [0.05, 0.1) is 16.6 Å². The number of pyridine rings is 1. The minimum absolute atomic E-state index is 0.259. The standard InChI is InChI=1S/C17H29BNO3P/c1-7-16(8-2)17(9-3,10-4)22-18(21-16)14-11-12-15(19-13-14)23(5,6)20/h11-13H,7-10H2,1-6H3. The first-order valence-corrected chi connectivity index (χ1v) is 11.2. The van der Waals surface area contributed by atoms with Gasteiger partial charge in [-0.1, -0.05) is 33.8 Å². The molecule has 0 atom stereocenters. The van der Waals surface area contributed by atoms with Crippen LogP contribution in [0.4, 0.5) is 0 Å². The van der Waals surface area contributed by atoms with E-state index >= 15 is 0 Å². The second-order valence-corrected chi connectivity index (χ2v) is 9.93. The summed E-state index contributed by atoms with van der Waals surface area (Å²) >= 11 is 0. The highest BCUT2D eigenvalue weighted by molar-refractivity contribution is 7.69. The van der Waals surface area contributed by atoms with Crippen LogP contribution < -0.4 is 10.9 Å². The Bertz CT molecular complexity index is 556. The summed E-state index contributed by atoms with van der Waals surface area (Å²) in [6.45, 7) is 12.1. The maximum atomic E-state index is 12.1. The fraction of sp³-hybridized carbons (Fsp3) is 0.706. The summed E-state index contributed by atoms with van der Waals surface area (Å²) in [7, 11) is -2.74. The van der Waals surface area contributed by atoms with Gasteiger partial charge in [0.15, 0.2) is 0 Å². The van der Waals surface area contributed by atoms with Crippen LogP contribution in [0.1, 0.15) is 53.4 Å². The van der Waals surface area contributed by atoms with E-state index in [1.165, 1.54) is 0 Å². The molecule has 0 aromatic carbocycles. The van der Waals surface area contributed by atoms with E-state index in [1.54, 1.807) is 19.5 Å². The van der Waals surface area contributed by atoms with Crippen LogP contribution in [0.25, 0.3) is 0 Å². The molecule has 4 nitrogen and oxygen atoms in total. The molecule has 1 aromatic heterocycles. The Morgan fingerprint density at radius 1 is 1.00 bits per heavy atom. The third-order valence-electron chi connectivity index (χ3n) is 5.37. The van der Waals surface area contributed by atoms with Crippen molar-refractivity contribution in [3.8, 4) is 0 Å². The Kier molecular flexibility index (Phi) is 5.45. The van der Waals surface area contributed by atoms with Crippen LogP contribution in [0.2, 0.25) is 0 Å². The minimum Gasteiger partial charge on any atom is -0.399 e. The molecule has 23 heavy (non-hydrogen) atoms. The number of nitrogens with zero attached hydrogens (tertiary/aromatic N) is 1. The van der Waals surface area contributed by atoms with Gasteiger partial charge in [0, 0.05) is 11.7 Å². The van der Waals surface area contributed by atoms with Crippen molar-refractivity contribution >= 4 is 25.2 Å². The van der Waals surface area contributed by atoms with Crippen molar-refractivity contribution in [2.24, 2.45) is 0 Å². The molecule has 1 saturated heterocycles. The second-order valence-electron chi connectivity index (χ2n) is 6.77. The number of hydrogen-bond donors (Lipinski definition) is 0. The second kappa shape index (κ2) is 6.70. The molecule has 1 fully saturated rings. The molecule has 0 saturated carbocycles. The fourth-order valence-electron chi connectivity index (χ4n) is 3.76. The quantitative estimate of drug-likeness (QED) is 0.591. The molecule has 2 rings (SSSR count). The van der Waals surface area contributed by atoms with E-state index in [0.717, 1.165) is 31.1 Å². The lowest BCUT2D eigenvalue weighted by atomic mass is 9.75. The lowest BCUT2D eigenvalue weighted by Gasteiger charge is -2.42. The fourth-order valence-corrected chi connectivity index (χ4v) is 4.53. The zero-order valence-corrected chi connectivity index (χ0v) is 16.2. The maximum Gasteiger partial charge on any atom is 0.496 e. The Morgan fingerprint density at radius 3 is 1.78 bits per heavy atom. The number of aromatic nitrogens is 1. The van der Waals surface area contributed by atoms with Crippen molar-refractivity contribution in [1.82, 2.24) is 4.98 Å². The summed E-state index contributed by atoms with van der Waals surface area (Å²) in [5.41, 5.74) is 1.03. The van der Waals surface area contributed by atoms with Gasteiger partial charge in [0.2, 0.25) is 0 Å². The molecular weight excluding hydrogens is 308 g/mol. The van der Waals surface area contributed by atoms with Crippen molar-refractivity contribution in [3.05, 3.63) is 18.3 Å². The van der Waals surface area contributed by atoms with E-state index in [1.807, 2.05) is 12.1 Å². The molecule has 1 aromatic rings. The van der Waals surface area contributed by atoms with Crippen molar-refractivity contribution < 1.29 is 13.9 Å². The van der Waals surface area contributed by atoms with E-state index in [4.69, 9.17) is 9.31 Å². The summed E-state index contributed by atoms with van der Waals surface area (Å²) in [5.74, 6) is 0. The van der Waals surface area contributed by atoms with Gasteiger partial charge in [0.1, 0.15) is 7.14 Å². The maximum absolute atomic E-state index is 12.1. The predicted molar refractivity (Wildman–Crippen MR) is 97.5 cm³/mol. The third kappa shape index (κ3) is 3.16. The van der Waals surface area contributed by atoms with Gasteiger partial charge < -0.3 is 13.9 Å². The molecule has 0 bridgehead atoms. The van der Waals surface area contributed by atoms with Gasteiger partial charge in [-0.15, -0.1) is 0 Å². The summed E-state index contributed by atoms with van der Waals surface area (Å²) in [4.78, 5) is 4.37. The predicted octanol–water partition coefficient (Wildman–Crippen LogP) is 3.19. The monoisotopic (exact) mass is 337 g/mol. The zero-order chi connectivity index (χ0) is 17.3. The molecule has 0 unspecified atom stereocenters. The van der Waals surface area contributed by atoms with Gasteiger partial charge in [-0.3, -0.25) is 4.98 Å². The Labute approximate surface area is 140 Å². The van der Waals surface area contributed by atoms with Crippen LogP contribution in [0, 0.1) is 0 Å². The molecule has 6 heteroatoms. The first-order valence-electron chi connectivity index (χ1n) is 8.64. The lowest BCUT2D eigenvalue weighted by molar-refractivity contribution is -0.0601. The molecule has 2 heterocycles. The molecule has 1 aliphatic rings. The molecule has 128 valence electrons. The molecular formula is C17H29BNO3P. The molecule has 0 amide bonds. The van der Waals surface area contributed by atoms with Crippen molar-refractivity contribution in [2.75, 3.05) is 13.3 Å². The molecule has 0 aliphatic carbocycles. The van der Waals surface area contributed by atoms with Crippen LogP contribution in [-0.4, -0.2) is 36.6 Å². The first kappa shape index (κ1) is 18.7. The number of rotatable bonds is 6. The highest BCUT2D eigenvalue weighted by atomic mass is 31.2. The van der Waals surface area contributed by atoms with Gasteiger partial charge in [0.25, 0.3) is 0 Å². The average molecular weight is 337 g/mol. The summed E-state index contributed by atoms with van der Waals surface area (Å²) < 4.78 is 25.0. The largest absolute Gasteiger partial charge is 0.496 e. The Balaban J connectivity index is 2.34. The summed E-state index contributed by atoms with van der Waals surface area (Å²) in [6, 6.07) is 3.77. The lowest BCUT2D eigenvalue weighted by Crippen LogP contribution is -2.50. The summed E-state index contributed by atoms with van der Waals surface area (Å²) in [5, 5.41) is 0. The van der Waals surface area contributed by atoms with Gasteiger partial charge in [-0.2, -0.15) is 0 Å². The van der Waals surface area contributed by atoms with Crippen molar-refractivity contribution in [2.45, 2.75) is 64.6 Å². The molecule has 0 spiro atoms. The molecule has 0 radical (unpaired) electrons. The summed E-state index contributed by atoms with van der Waals surface area (Å²) in [6.07, 6.45) is 5.44. The van der Waals surface area contributed by atoms with Crippen LogP contribution >= 0.6 is 7.14 Å². The first-order chi connectivity index (χ1) is 10.8. The SMILES string of the molecule is CCC1(CC)OB(c2ccc(P(C)(C)=O)nc2)OC1(CC)CC. The van der Waals surface area contributed by atoms with Crippen LogP contribution in [0.5, 0.6) is 0 Å². The van der Waals surface area contributed by atoms with Crippen molar-refractivity contribution in [3.63, 3.8) is 0 Å². The highest BCUT2D eigenvalue weighted by Gasteiger charge is 2.58. The number of hydrogen-bond acceptors (Lipinski definition) is 4. The Hall–Kier alpha value is -0.635. The third-order valence-corrected chi connectivity index (χ3v) is 6.74. The molecule has 1 aliphatic heterocycles. The van der Waals surface area contributed by atoms with Crippen LogP contribution in [0.3, 0.4) is 0 Å². The van der Waals surface area contributed by atoms with Gasteiger partial charge in [-0.05, 0) is 45.1 Å². The van der Waals surface area contributed by atoms with Gasteiger partial charge >= 0.3 is 7.12 Å². The van der Waals surface area contributed by atoms with E-state index in [-0.39, 0.29) is 11.2 Å². The Morgan fingerprint density at radius 2 is 1.48 bits per heavy atom. The zero-order valence-electron chi connectivity index (χ0n) is 15.3. The average Bonchev–Trinajstić information content (AvgIpc) is 2.89. The van der Waals surface area contributed by atoms with E-state index in [0.29, 0.717) is 5.44 Å². The van der Waals surface area contributed by atoms with Crippen LogP contribution in [-0.2, 0) is 13.9 Å². The highest BCUT2D eigenvalue weighted by Crippen LogP contribution is 2.46. The van der Waals surface area contributed by atoms with E-state index < -0.39 is 14.3 Å². The minimum atomic E-state index is -2.34. The van der Waals surface area contributed by atoms with E-state index in [9.17, 15) is 4.57 Å².